The molecule has 0 saturated heterocycles. The lowest BCUT2D eigenvalue weighted by Gasteiger charge is -2.38. The number of rotatable bonds is 2. The Morgan fingerprint density at radius 2 is 1.45 bits per heavy atom. The fourth-order valence-electron chi connectivity index (χ4n) is 1.10. The molecule has 11 heavy (non-hydrogen) atoms. The Bertz CT molecular complexity index is 117. The molecule has 0 heterocycles. The van der Waals surface area contributed by atoms with Crippen LogP contribution in [0.25, 0.3) is 0 Å². The highest BCUT2D eigenvalue weighted by atomic mass is 16.3. The third kappa shape index (κ3) is 3.24. The molecule has 0 rings (SSSR count). The average molecular weight is 158 g/mol. The summed E-state index contributed by atoms with van der Waals surface area (Å²) in [5, 5.41) is 10.0. The predicted molar refractivity (Wildman–Crippen MR) is 49.5 cm³/mol. The summed E-state index contributed by atoms with van der Waals surface area (Å²) in [4.78, 5) is 0. The highest BCUT2D eigenvalue weighted by molar-refractivity contribution is 4.86. The fraction of sp³-hybridized carbons (Fsp3) is 1.00. The maximum absolute atomic E-state index is 10.0. The molecule has 0 aromatic heterocycles. The minimum Gasteiger partial charge on any atom is -0.390 e. The van der Waals surface area contributed by atoms with E-state index in [1.54, 1.807) is 0 Å². The number of hydrogen-bond donors (Lipinski definition) is 1. The molecule has 0 aliphatic rings. The van der Waals surface area contributed by atoms with Crippen LogP contribution in [0, 0.1) is 11.3 Å². The molecule has 0 aromatic rings. The summed E-state index contributed by atoms with van der Waals surface area (Å²) in [5.74, 6) is 0.559. The van der Waals surface area contributed by atoms with E-state index < -0.39 is 5.60 Å². The van der Waals surface area contributed by atoms with Crippen molar-refractivity contribution in [3.63, 3.8) is 0 Å². The Kier molecular flexibility index (Phi) is 3.13. The van der Waals surface area contributed by atoms with Gasteiger partial charge in [-0.15, -0.1) is 0 Å². The Morgan fingerprint density at radius 3 is 1.55 bits per heavy atom. The van der Waals surface area contributed by atoms with E-state index in [1.807, 2.05) is 6.92 Å². The van der Waals surface area contributed by atoms with Gasteiger partial charge in [0, 0.05) is 0 Å². The highest BCUT2D eigenvalue weighted by Crippen LogP contribution is 2.34. The van der Waals surface area contributed by atoms with Crippen molar-refractivity contribution >= 4 is 0 Å². The first-order chi connectivity index (χ1) is 4.67. The SMILES string of the molecule is CC(C)CC(C)(O)C(C)(C)C. The van der Waals surface area contributed by atoms with Crippen molar-refractivity contribution in [2.24, 2.45) is 11.3 Å². The highest BCUT2D eigenvalue weighted by Gasteiger charge is 2.35. The van der Waals surface area contributed by atoms with Gasteiger partial charge in [-0.3, -0.25) is 0 Å². The minimum absolute atomic E-state index is 0.0166. The van der Waals surface area contributed by atoms with E-state index in [-0.39, 0.29) is 5.41 Å². The van der Waals surface area contributed by atoms with Crippen LogP contribution in [0.15, 0.2) is 0 Å². The summed E-state index contributed by atoms with van der Waals surface area (Å²) in [6.07, 6.45) is 0.872. The lowest BCUT2D eigenvalue weighted by Crippen LogP contribution is -2.40. The molecule has 0 amide bonds. The van der Waals surface area contributed by atoms with Crippen LogP contribution in [0.1, 0.15) is 48.0 Å². The first-order valence-corrected chi connectivity index (χ1v) is 4.39. The minimum atomic E-state index is -0.541. The van der Waals surface area contributed by atoms with E-state index >= 15 is 0 Å². The molecule has 0 radical (unpaired) electrons. The predicted octanol–water partition coefficient (Wildman–Crippen LogP) is 2.83. The second kappa shape index (κ2) is 3.14. The average Bonchev–Trinajstić information content (AvgIpc) is 1.56. The van der Waals surface area contributed by atoms with Crippen molar-refractivity contribution in [3.05, 3.63) is 0 Å². The Balaban J connectivity index is 4.22. The summed E-state index contributed by atoms with van der Waals surface area (Å²) >= 11 is 0. The van der Waals surface area contributed by atoms with Crippen LogP contribution in [-0.4, -0.2) is 10.7 Å². The van der Waals surface area contributed by atoms with Crippen LogP contribution in [0.5, 0.6) is 0 Å². The summed E-state index contributed by atoms with van der Waals surface area (Å²) < 4.78 is 0. The van der Waals surface area contributed by atoms with Gasteiger partial charge in [0.25, 0.3) is 0 Å². The van der Waals surface area contributed by atoms with Gasteiger partial charge in [-0.2, -0.15) is 0 Å². The molecule has 0 bridgehead atoms. The van der Waals surface area contributed by atoms with E-state index in [4.69, 9.17) is 0 Å². The normalized spacial score (nSPS) is 18.5. The van der Waals surface area contributed by atoms with Crippen LogP contribution in [0.4, 0.5) is 0 Å². The zero-order chi connectivity index (χ0) is 9.28. The molecular weight excluding hydrogens is 136 g/mol. The Morgan fingerprint density at radius 1 is 1.09 bits per heavy atom. The molecule has 0 fully saturated rings. The quantitative estimate of drug-likeness (QED) is 0.655. The van der Waals surface area contributed by atoms with Gasteiger partial charge in [0.05, 0.1) is 5.60 Å². The largest absolute Gasteiger partial charge is 0.390 e. The molecule has 0 spiro atoms. The van der Waals surface area contributed by atoms with E-state index in [0.29, 0.717) is 5.92 Å². The molecule has 0 aliphatic carbocycles. The third-order valence-corrected chi connectivity index (χ3v) is 2.42. The molecule has 1 atom stereocenters. The van der Waals surface area contributed by atoms with Gasteiger partial charge in [0.2, 0.25) is 0 Å². The molecule has 0 aliphatic heterocycles. The fourth-order valence-corrected chi connectivity index (χ4v) is 1.10. The molecular formula is C10H22O. The monoisotopic (exact) mass is 158 g/mol. The summed E-state index contributed by atoms with van der Waals surface area (Å²) in [6.45, 7) is 12.4. The topological polar surface area (TPSA) is 20.2 Å². The molecule has 1 unspecified atom stereocenters. The molecule has 1 nitrogen and oxygen atoms in total. The van der Waals surface area contributed by atoms with Crippen molar-refractivity contribution in [1.29, 1.82) is 0 Å². The standard InChI is InChI=1S/C10H22O/c1-8(2)7-10(6,11)9(3,4)5/h8,11H,7H2,1-6H3. The number of aliphatic hydroxyl groups is 1. The maximum Gasteiger partial charge on any atom is 0.0670 e. The van der Waals surface area contributed by atoms with Crippen molar-refractivity contribution in [2.45, 2.75) is 53.6 Å². The zero-order valence-electron chi connectivity index (χ0n) is 8.73. The van der Waals surface area contributed by atoms with E-state index in [2.05, 4.69) is 34.6 Å². The van der Waals surface area contributed by atoms with Gasteiger partial charge < -0.3 is 5.11 Å². The van der Waals surface area contributed by atoms with Gasteiger partial charge >= 0.3 is 0 Å². The Hall–Kier alpha value is -0.0400. The van der Waals surface area contributed by atoms with Crippen LogP contribution in [0.2, 0.25) is 0 Å². The zero-order valence-corrected chi connectivity index (χ0v) is 8.73. The summed E-state index contributed by atoms with van der Waals surface area (Å²) in [7, 11) is 0. The van der Waals surface area contributed by atoms with Gasteiger partial charge in [0.1, 0.15) is 0 Å². The second-order valence-electron chi connectivity index (χ2n) is 5.12. The van der Waals surface area contributed by atoms with Gasteiger partial charge in [-0.05, 0) is 24.7 Å². The van der Waals surface area contributed by atoms with Crippen LogP contribution < -0.4 is 0 Å². The van der Waals surface area contributed by atoms with Gasteiger partial charge in [-0.1, -0.05) is 34.6 Å². The van der Waals surface area contributed by atoms with Crippen LogP contribution >= 0.6 is 0 Å². The second-order valence-corrected chi connectivity index (χ2v) is 5.12. The molecule has 0 aromatic carbocycles. The van der Waals surface area contributed by atoms with E-state index in [1.165, 1.54) is 0 Å². The smallest absolute Gasteiger partial charge is 0.0670 e. The van der Waals surface area contributed by atoms with Crippen molar-refractivity contribution in [1.82, 2.24) is 0 Å². The maximum atomic E-state index is 10.0. The first-order valence-electron chi connectivity index (χ1n) is 4.39. The summed E-state index contributed by atoms with van der Waals surface area (Å²) in [5.41, 5.74) is -0.557. The Labute approximate surface area is 70.8 Å². The van der Waals surface area contributed by atoms with Crippen molar-refractivity contribution in [2.75, 3.05) is 0 Å². The number of hydrogen-bond acceptors (Lipinski definition) is 1. The van der Waals surface area contributed by atoms with Crippen LogP contribution in [0.3, 0.4) is 0 Å². The molecule has 68 valence electrons. The molecule has 1 N–H and O–H groups in total. The lowest BCUT2D eigenvalue weighted by molar-refractivity contribution is -0.0566. The van der Waals surface area contributed by atoms with E-state index in [9.17, 15) is 5.11 Å². The third-order valence-electron chi connectivity index (χ3n) is 2.42. The van der Waals surface area contributed by atoms with Crippen molar-refractivity contribution in [3.8, 4) is 0 Å². The van der Waals surface area contributed by atoms with Crippen LogP contribution in [-0.2, 0) is 0 Å². The molecule has 1 heteroatoms. The first kappa shape index (κ1) is 11.0. The van der Waals surface area contributed by atoms with Crippen molar-refractivity contribution < 1.29 is 5.11 Å². The van der Waals surface area contributed by atoms with Gasteiger partial charge in [-0.25, -0.2) is 0 Å². The lowest BCUT2D eigenvalue weighted by atomic mass is 9.73. The van der Waals surface area contributed by atoms with E-state index in [0.717, 1.165) is 6.42 Å². The molecule has 0 saturated carbocycles. The van der Waals surface area contributed by atoms with Gasteiger partial charge in [0.15, 0.2) is 0 Å². The summed E-state index contributed by atoms with van der Waals surface area (Å²) in [6, 6.07) is 0.